The van der Waals surface area contributed by atoms with Gasteiger partial charge >= 0.3 is 6.09 Å². The lowest BCUT2D eigenvalue weighted by atomic mass is 9.85. The minimum absolute atomic E-state index is 0.0400. The Morgan fingerprint density at radius 2 is 2.12 bits per heavy atom. The number of hydrazine groups is 1. The van der Waals surface area contributed by atoms with E-state index in [1.807, 2.05) is 0 Å². The fourth-order valence-electron chi connectivity index (χ4n) is 2.44. The van der Waals surface area contributed by atoms with E-state index in [4.69, 9.17) is 16.3 Å². The van der Waals surface area contributed by atoms with Gasteiger partial charge in [-0.25, -0.2) is 10.6 Å². The molecule has 8 heteroatoms. The summed E-state index contributed by atoms with van der Waals surface area (Å²) < 4.78 is 5.31. The van der Waals surface area contributed by atoms with Gasteiger partial charge in [-0.05, 0) is 30.9 Å². The SMILES string of the molecule is CN(CC1CCC1)C(=O)OC/C(=C(/N)c1ccc(O)cn1)N(C)N. The highest BCUT2D eigenvalue weighted by atomic mass is 16.6. The zero-order chi connectivity index (χ0) is 17.7. The van der Waals surface area contributed by atoms with Crippen molar-refractivity contribution in [3.8, 4) is 5.75 Å². The van der Waals surface area contributed by atoms with E-state index < -0.39 is 6.09 Å². The Morgan fingerprint density at radius 1 is 1.42 bits per heavy atom. The van der Waals surface area contributed by atoms with Crippen LogP contribution in [0.25, 0.3) is 5.70 Å². The number of carbonyl (C=O) groups is 1. The van der Waals surface area contributed by atoms with Crippen molar-refractivity contribution in [3.63, 3.8) is 0 Å². The van der Waals surface area contributed by atoms with Crippen molar-refractivity contribution >= 4 is 11.8 Å². The molecule has 0 bridgehead atoms. The predicted molar refractivity (Wildman–Crippen MR) is 90.3 cm³/mol. The normalized spacial score (nSPS) is 15.3. The first-order valence-electron chi connectivity index (χ1n) is 7.88. The van der Waals surface area contributed by atoms with E-state index in [1.54, 1.807) is 25.1 Å². The maximum absolute atomic E-state index is 12.1. The number of aromatic nitrogens is 1. The molecule has 5 N–H and O–H groups in total. The summed E-state index contributed by atoms with van der Waals surface area (Å²) >= 11 is 0. The molecule has 0 unspecified atom stereocenters. The smallest absolute Gasteiger partial charge is 0.409 e. The van der Waals surface area contributed by atoms with E-state index in [-0.39, 0.29) is 18.1 Å². The number of carbonyl (C=O) groups excluding carboxylic acids is 1. The first kappa shape index (κ1) is 17.9. The van der Waals surface area contributed by atoms with Crippen molar-refractivity contribution in [1.82, 2.24) is 14.9 Å². The number of nitrogens with two attached hydrogens (primary N) is 2. The molecular formula is C16H25N5O3. The van der Waals surface area contributed by atoms with Gasteiger partial charge in [-0.2, -0.15) is 0 Å². The van der Waals surface area contributed by atoms with Gasteiger partial charge in [-0.3, -0.25) is 4.98 Å². The number of pyridine rings is 1. The number of hydrogen-bond acceptors (Lipinski definition) is 7. The number of aromatic hydroxyl groups is 1. The van der Waals surface area contributed by atoms with E-state index in [0.29, 0.717) is 23.9 Å². The number of amides is 1. The Balaban J connectivity index is 2.00. The van der Waals surface area contributed by atoms with Crippen molar-refractivity contribution < 1.29 is 14.6 Å². The van der Waals surface area contributed by atoms with Gasteiger partial charge in [0.15, 0.2) is 0 Å². The Labute approximate surface area is 141 Å². The van der Waals surface area contributed by atoms with Crippen LogP contribution in [0.15, 0.2) is 24.0 Å². The number of hydrogen-bond donors (Lipinski definition) is 3. The zero-order valence-corrected chi connectivity index (χ0v) is 14.1. The third-order valence-electron chi connectivity index (χ3n) is 4.16. The predicted octanol–water partition coefficient (Wildman–Crippen LogP) is 1.09. The molecular weight excluding hydrogens is 310 g/mol. The summed E-state index contributed by atoms with van der Waals surface area (Å²) in [6.45, 7) is 0.639. The fourth-order valence-corrected chi connectivity index (χ4v) is 2.44. The van der Waals surface area contributed by atoms with Gasteiger partial charge in [-0.15, -0.1) is 0 Å². The van der Waals surface area contributed by atoms with E-state index in [1.165, 1.54) is 23.7 Å². The van der Waals surface area contributed by atoms with Crippen LogP contribution in [0.1, 0.15) is 25.0 Å². The highest BCUT2D eigenvalue weighted by molar-refractivity contribution is 5.68. The molecule has 0 spiro atoms. The molecule has 0 aliphatic heterocycles. The van der Waals surface area contributed by atoms with Crippen LogP contribution in [0.2, 0.25) is 0 Å². The number of likely N-dealkylation sites (N-methyl/N-ethyl adjacent to an activating group) is 1. The van der Waals surface area contributed by atoms with Crippen LogP contribution in [0.3, 0.4) is 0 Å². The van der Waals surface area contributed by atoms with E-state index >= 15 is 0 Å². The highest BCUT2D eigenvalue weighted by Gasteiger charge is 2.22. The summed E-state index contributed by atoms with van der Waals surface area (Å²) in [5, 5.41) is 10.6. The first-order valence-corrected chi connectivity index (χ1v) is 7.88. The second kappa shape index (κ2) is 7.87. The molecule has 1 aliphatic carbocycles. The lowest BCUT2D eigenvalue weighted by molar-refractivity contribution is 0.101. The zero-order valence-electron chi connectivity index (χ0n) is 14.1. The molecule has 1 saturated carbocycles. The van der Waals surface area contributed by atoms with Crippen molar-refractivity contribution in [2.45, 2.75) is 19.3 Å². The largest absolute Gasteiger partial charge is 0.506 e. The summed E-state index contributed by atoms with van der Waals surface area (Å²) in [5.74, 6) is 6.40. The molecule has 2 rings (SSSR count). The molecule has 8 nitrogen and oxygen atoms in total. The van der Waals surface area contributed by atoms with Gasteiger partial charge in [0, 0.05) is 20.6 Å². The molecule has 1 heterocycles. The third-order valence-corrected chi connectivity index (χ3v) is 4.16. The summed E-state index contributed by atoms with van der Waals surface area (Å²) in [7, 11) is 3.33. The van der Waals surface area contributed by atoms with Crippen molar-refractivity contribution in [2.75, 3.05) is 27.2 Å². The van der Waals surface area contributed by atoms with Crippen molar-refractivity contribution in [2.24, 2.45) is 17.5 Å². The molecule has 132 valence electrons. The highest BCUT2D eigenvalue weighted by Crippen LogP contribution is 2.26. The fraction of sp³-hybridized carbons (Fsp3) is 0.500. The van der Waals surface area contributed by atoms with Crippen LogP contribution in [-0.4, -0.2) is 53.3 Å². The van der Waals surface area contributed by atoms with Gasteiger partial charge in [0.05, 0.1) is 23.3 Å². The number of ether oxygens (including phenoxy) is 1. The average molecular weight is 335 g/mol. The third kappa shape index (κ3) is 4.51. The van der Waals surface area contributed by atoms with Crippen molar-refractivity contribution in [1.29, 1.82) is 0 Å². The first-order chi connectivity index (χ1) is 11.4. The van der Waals surface area contributed by atoms with E-state index in [9.17, 15) is 9.90 Å². The molecule has 1 amide bonds. The van der Waals surface area contributed by atoms with Crippen LogP contribution in [0.5, 0.6) is 5.75 Å². The van der Waals surface area contributed by atoms with Crippen LogP contribution in [-0.2, 0) is 4.74 Å². The maximum Gasteiger partial charge on any atom is 0.409 e. The van der Waals surface area contributed by atoms with Crippen molar-refractivity contribution in [3.05, 3.63) is 29.7 Å². The lowest BCUT2D eigenvalue weighted by Gasteiger charge is -2.30. The minimum atomic E-state index is -0.410. The van der Waals surface area contributed by atoms with Gasteiger partial charge < -0.3 is 25.5 Å². The van der Waals surface area contributed by atoms with E-state index in [0.717, 1.165) is 12.8 Å². The summed E-state index contributed by atoms with van der Waals surface area (Å²) in [4.78, 5) is 17.7. The van der Waals surface area contributed by atoms with Crippen LogP contribution < -0.4 is 11.6 Å². The standard InChI is InChI=1S/C16H25N5O3/c1-20(9-11-4-3-5-11)16(23)24-10-14(21(2)18)15(17)13-7-6-12(22)8-19-13/h6-8,11,22H,3-5,9-10,17-18H2,1-2H3/b15-14-. The molecule has 1 fully saturated rings. The molecule has 1 aliphatic rings. The van der Waals surface area contributed by atoms with Crippen LogP contribution in [0.4, 0.5) is 4.79 Å². The summed E-state index contributed by atoms with van der Waals surface area (Å²) in [5.41, 5.74) is 7.23. The van der Waals surface area contributed by atoms with Gasteiger partial charge in [-0.1, -0.05) is 6.42 Å². The average Bonchev–Trinajstić information content (AvgIpc) is 2.50. The quantitative estimate of drug-likeness (QED) is 0.526. The molecule has 24 heavy (non-hydrogen) atoms. The van der Waals surface area contributed by atoms with Gasteiger partial charge in [0.25, 0.3) is 0 Å². The number of rotatable bonds is 6. The topological polar surface area (TPSA) is 118 Å². The Kier molecular flexibility index (Phi) is 5.86. The molecule has 0 atom stereocenters. The second-order valence-electron chi connectivity index (χ2n) is 6.10. The summed E-state index contributed by atoms with van der Waals surface area (Å²) in [6.07, 6.45) is 4.43. The van der Waals surface area contributed by atoms with Crippen LogP contribution >= 0.6 is 0 Å². The monoisotopic (exact) mass is 335 g/mol. The number of nitrogens with zero attached hydrogens (tertiary/aromatic N) is 3. The Hall–Kier alpha value is -2.48. The summed E-state index contributed by atoms with van der Waals surface area (Å²) in [6, 6.07) is 3.04. The molecule has 1 aromatic rings. The lowest BCUT2D eigenvalue weighted by Crippen LogP contribution is -2.37. The Bertz CT molecular complexity index is 596. The molecule has 0 aromatic carbocycles. The van der Waals surface area contributed by atoms with Gasteiger partial charge in [0.1, 0.15) is 12.4 Å². The van der Waals surface area contributed by atoms with Gasteiger partial charge in [0.2, 0.25) is 0 Å². The Morgan fingerprint density at radius 3 is 2.62 bits per heavy atom. The molecule has 0 radical (unpaired) electrons. The maximum atomic E-state index is 12.1. The molecule has 1 aromatic heterocycles. The second-order valence-corrected chi connectivity index (χ2v) is 6.10. The molecule has 0 saturated heterocycles. The minimum Gasteiger partial charge on any atom is -0.506 e. The van der Waals surface area contributed by atoms with Crippen LogP contribution in [0, 0.1) is 5.92 Å². The van der Waals surface area contributed by atoms with E-state index in [2.05, 4.69) is 4.98 Å².